The SMILES string of the molecule is CC1(C)COc2ccc(C(O)CCC3CCCC3)cc21. The number of fused-ring (bicyclic) bond motifs is 1. The van der Waals surface area contributed by atoms with Crippen LogP contribution in [0.5, 0.6) is 5.75 Å². The van der Waals surface area contributed by atoms with Crippen LogP contribution in [-0.4, -0.2) is 11.7 Å². The summed E-state index contributed by atoms with van der Waals surface area (Å²) in [6.45, 7) is 5.14. The van der Waals surface area contributed by atoms with Crippen molar-refractivity contribution in [3.05, 3.63) is 29.3 Å². The fraction of sp³-hybridized carbons (Fsp3) is 0.667. The molecule has 0 spiro atoms. The lowest BCUT2D eigenvalue weighted by atomic mass is 9.85. The van der Waals surface area contributed by atoms with Gasteiger partial charge in [0, 0.05) is 11.0 Å². The first-order valence-corrected chi connectivity index (χ1v) is 8.01. The third-order valence-corrected chi connectivity index (χ3v) is 5.03. The van der Waals surface area contributed by atoms with Gasteiger partial charge in [0.05, 0.1) is 12.7 Å². The van der Waals surface area contributed by atoms with Crippen LogP contribution in [0.15, 0.2) is 18.2 Å². The van der Waals surface area contributed by atoms with Crippen molar-refractivity contribution >= 4 is 0 Å². The zero-order valence-corrected chi connectivity index (χ0v) is 12.7. The van der Waals surface area contributed by atoms with Crippen molar-refractivity contribution in [2.75, 3.05) is 6.61 Å². The Morgan fingerprint density at radius 2 is 2.05 bits per heavy atom. The Labute approximate surface area is 122 Å². The van der Waals surface area contributed by atoms with Crippen LogP contribution in [0.2, 0.25) is 0 Å². The molecule has 0 aromatic heterocycles. The molecule has 1 saturated carbocycles. The average Bonchev–Trinajstić information content (AvgIpc) is 3.04. The number of aliphatic hydroxyl groups excluding tert-OH is 1. The molecule has 2 heteroatoms. The summed E-state index contributed by atoms with van der Waals surface area (Å²) in [5.41, 5.74) is 2.37. The van der Waals surface area contributed by atoms with Gasteiger partial charge in [0.1, 0.15) is 5.75 Å². The highest BCUT2D eigenvalue weighted by atomic mass is 16.5. The van der Waals surface area contributed by atoms with Gasteiger partial charge in [-0.3, -0.25) is 0 Å². The highest BCUT2D eigenvalue weighted by Crippen LogP contribution is 2.40. The number of ether oxygens (including phenoxy) is 1. The summed E-state index contributed by atoms with van der Waals surface area (Å²) in [6.07, 6.45) is 7.21. The van der Waals surface area contributed by atoms with E-state index in [0.29, 0.717) is 0 Å². The lowest BCUT2D eigenvalue weighted by Crippen LogP contribution is -2.18. The minimum atomic E-state index is -0.322. The van der Waals surface area contributed by atoms with E-state index >= 15 is 0 Å². The quantitative estimate of drug-likeness (QED) is 0.884. The molecule has 0 radical (unpaired) electrons. The molecular formula is C18H26O2. The molecule has 3 rings (SSSR count). The molecular weight excluding hydrogens is 248 g/mol. The molecule has 1 fully saturated rings. The molecule has 0 bridgehead atoms. The van der Waals surface area contributed by atoms with Crippen LogP contribution < -0.4 is 4.74 Å². The molecule has 0 saturated heterocycles. The number of hydrogen-bond donors (Lipinski definition) is 1. The highest BCUT2D eigenvalue weighted by Gasteiger charge is 2.32. The van der Waals surface area contributed by atoms with E-state index in [1.54, 1.807) is 0 Å². The van der Waals surface area contributed by atoms with Gasteiger partial charge in [0.25, 0.3) is 0 Å². The van der Waals surface area contributed by atoms with Gasteiger partial charge in [-0.1, -0.05) is 45.6 Å². The normalized spacial score (nSPS) is 22.6. The fourth-order valence-electron chi connectivity index (χ4n) is 3.60. The minimum Gasteiger partial charge on any atom is -0.492 e. The molecule has 1 aromatic rings. The Hall–Kier alpha value is -1.02. The van der Waals surface area contributed by atoms with E-state index in [-0.39, 0.29) is 11.5 Å². The standard InChI is InChI=1S/C18H26O2/c1-18(2)12-20-17-10-8-14(11-15(17)18)16(19)9-7-13-5-3-4-6-13/h8,10-11,13,16,19H,3-7,9,12H2,1-2H3. The summed E-state index contributed by atoms with van der Waals surface area (Å²) in [6, 6.07) is 6.21. The van der Waals surface area contributed by atoms with Gasteiger partial charge in [-0.05, 0) is 36.5 Å². The summed E-state index contributed by atoms with van der Waals surface area (Å²) in [5, 5.41) is 10.4. The van der Waals surface area contributed by atoms with E-state index in [9.17, 15) is 5.11 Å². The average molecular weight is 274 g/mol. The van der Waals surface area contributed by atoms with Crippen molar-refractivity contribution in [3.8, 4) is 5.75 Å². The first-order chi connectivity index (χ1) is 9.56. The molecule has 1 heterocycles. The van der Waals surface area contributed by atoms with Gasteiger partial charge >= 0.3 is 0 Å². The van der Waals surface area contributed by atoms with Crippen molar-refractivity contribution in [2.24, 2.45) is 5.92 Å². The van der Waals surface area contributed by atoms with Crippen molar-refractivity contribution in [1.82, 2.24) is 0 Å². The Bertz CT molecular complexity index is 472. The lowest BCUT2D eigenvalue weighted by Gasteiger charge is -2.18. The molecule has 1 atom stereocenters. The van der Waals surface area contributed by atoms with Gasteiger partial charge in [-0.2, -0.15) is 0 Å². The molecule has 1 N–H and O–H groups in total. The number of benzene rings is 1. The van der Waals surface area contributed by atoms with Crippen LogP contribution >= 0.6 is 0 Å². The van der Waals surface area contributed by atoms with Crippen molar-refractivity contribution < 1.29 is 9.84 Å². The second-order valence-corrected chi connectivity index (χ2v) is 7.17. The molecule has 2 aliphatic rings. The zero-order valence-electron chi connectivity index (χ0n) is 12.7. The van der Waals surface area contributed by atoms with Crippen LogP contribution in [0, 0.1) is 5.92 Å². The summed E-state index contributed by atoms with van der Waals surface area (Å²) >= 11 is 0. The molecule has 1 aliphatic carbocycles. The third kappa shape index (κ3) is 2.71. The van der Waals surface area contributed by atoms with Crippen LogP contribution in [0.3, 0.4) is 0 Å². The second-order valence-electron chi connectivity index (χ2n) is 7.17. The van der Waals surface area contributed by atoms with Crippen molar-refractivity contribution in [1.29, 1.82) is 0 Å². The maximum absolute atomic E-state index is 10.4. The van der Waals surface area contributed by atoms with Crippen LogP contribution in [0.25, 0.3) is 0 Å². The van der Waals surface area contributed by atoms with Gasteiger partial charge in [-0.15, -0.1) is 0 Å². The fourth-order valence-corrected chi connectivity index (χ4v) is 3.60. The first-order valence-electron chi connectivity index (χ1n) is 8.01. The minimum absolute atomic E-state index is 0.0660. The number of hydrogen-bond acceptors (Lipinski definition) is 2. The molecule has 1 aliphatic heterocycles. The second kappa shape index (κ2) is 5.40. The summed E-state index contributed by atoms with van der Waals surface area (Å²) in [4.78, 5) is 0. The Kier molecular flexibility index (Phi) is 3.76. The van der Waals surface area contributed by atoms with E-state index < -0.39 is 0 Å². The van der Waals surface area contributed by atoms with E-state index in [1.807, 2.05) is 12.1 Å². The zero-order chi connectivity index (χ0) is 14.2. The summed E-state index contributed by atoms with van der Waals surface area (Å²) in [7, 11) is 0. The molecule has 0 amide bonds. The van der Waals surface area contributed by atoms with Gasteiger partial charge in [0.2, 0.25) is 0 Å². The summed E-state index contributed by atoms with van der Waals surface area (Å²) in [5.74, 6) is 1.83. The van der Waals surface area contributed by atoms with Crippen molar-refractivity contribution in [2.45, 2.75) is 63.9 Å². The van der Waals surface area contributed by atoms with Crippen LogP contribution in [-0.2, 0) is 5.41 Å². The third-order valence-electron chi connectivity index (χ3n) is 5.03. The molecule has 1 unspecified atom stereocenters. The Morgan fingerprint density at radius 1 is 1.30 bits per heavy atom. The number of rotatable bonds is 4. The monoisotopic (exact) mass is 274 g/mol. The van der Waals surface area contributed by atoms with E-state index in [2.05, 4.69) is 19.9 Å². The van der Waals surface area contributed by atoms with E-state index in [0.717, 1.165) is 36.7 Å². The predicted octanol–water partition coefficient (Wildman–Crippen LogP) is 4.36. The first kappa shape index (κ1) is 13.9. The predicted molar refractivity (Wildman–Crippen MR) is 81.1 cm³/mol. The van der Waals surface area contributed by atoms with Gasteiger partial charge < -0.3 is 9.84 Å². The lowest BCUT2D eigenvalue weighted by molar-refractivity contribution is 0.157. The number of aliphatic hydroxyl groups is 1. The van der Waals surface area contributed by atoms with Crippen LogP contribution in [0.1, 0.15) is 69.6 Å². The van der Waals surface area contributed by atoms with Crippen LogP contribution in [0.4, 0.5) is 0 Å². The molecule has 110 valence electrons. The molecule has 2 nitrogen and oxygen atoms in total. The Balaban J connectivity index is 1.67. The largest absolute Gasteiger partial charge is 0.492 e. The molecule has 20 heavy (non-hydrogen) atoms. The van der Waals surface area contributed by atoms with E-state index in [1.165, 1.54) is 31.2 Å². The Morgan fingerprint density at radius 3 is 2.80 bits per heavy atom. The maximum atomic E-state index is 10.4. The maximum Gasteiger partial charge on any atom is 0.123 e. The summed E-state index contributed by atoms with van der Waals surface area (Å²) < 4.78 is 5.71. The van der Waals surface area contributed by atoms with Crippen molar-refractivity contribution in [3.63, 3.8) is 0 Å². The molecule has 1 aromatic carbocycles. The van der Waals surface area contributed by atoms with Gasteiger partial charge in [-0.25, -0.2) is 0 Å². The smallest absolute Gasteiger partial charge is 0.123 e. The topological polar surface area (TPSA) is 29.5 Å². The van der Waals surface area contributed by atoms with Gasteiger partial charge in [0.15, 0.2) is 0 Å². The highest BCUT2D eigenvalue weighted by molar-refractivity contribution is 5.45. The van der Waals surface area contributed by atoms with E-state index in [4.69, 9.17) is 4.74 Å².